The zero-order valence-electron chi connectivity index (χ0n) is 7.72. The predicted molar refractivity (Wildman–Crippen MR) is 44.9 cm³/mol. The first kappa shape index (κ1) is 10.9. The maximum Gasteiger partial charge on any atom is 0.407 e. The molecule has 0 radical (unpaired) electrons. The molecule has 0 aromatic carbocycles. The highest BCUT2D eigenvalue weighted by Gasteiger charge is 2.12. The quantitative estimate of drug-likeness (QED) is 0.647. The Morgan fingerprint density at radius 3 is 2.50 bits per heavy atom. The van der Waals surface area contributed by atoms with Crippen LogP contribution < -0.4 is 5.32 Å². The minimum atomic E-state index is -0.544. The molecule has 0 aliphatic heterocycles. The van der Waals surface area contributed by atoms with Crippen LogP contribution in [0.3, 0.4) is 0 Å². The number of hydrogen-bond donors (Lipinski definition) is 1. The average Bonchev–Trinajstić information content (AvgIpc) is 1.95. The highest BCUT2D eigenvalue weighted by Crippen LogP contribution is 2.12. The molecule has 0 saturated carbocycles. The number of ether oxygens (including phenoxy) is 1. The van der Waals surface area contributed by atoms with Gasteiger partial charge in [0, 0.05) is 0 Å². The van der Waals surface area contributed by atoms with E-state index in [0.717, 1.165) is 0 Å². The van der Waals surface area contributed by atoms with Crippen molar-refractivity contribution in [2.45, 2.75) is 20.8 Å². The largest absolute Gasteiger partial charge is 0.449 e. The standard InChI is InChI=1S/C8H15NO3/c1-8(2,3)6-12-7(11)9-4-5-10/h5H,4,6H2,1-3H3,(H,9,11). The summed E-state index contributed by atoms with van der Waals surface area (Å²) in [5.41, 5.74) is -0.0431. The Morgan fingerprint density at radius 2 is 2.08 bits per heavy atom. The lowest BCUT2D eigenvalue weighted by atomic mass is 9.99. The van der Waals surface area contributed by atoms with Crippen molar-refractivity contribution in [2.24, 2.45) is 5.41 Å². The van der Waals surface area contributed by atoms with Gasteiger partial charge in [-0.05, 0) is 5.41 Å². The van der Waals surface area contributed by atoms with Gasteiger partial charge in [-0.15, -0.1) is 0 Å². The van der Waals surface area contributed by atoms with Crippen LogP contribution in [0.25, 0.3) is 0 Å². The number of carbonyl (C=O) groups excluding carboxylic acids is 2. The van der Waals surface area contributed by atoms with E-state index in [1.54, 1.807) is 0 Å². The summed E-state index contributed by atoms with van der Waals surface area (Å²) in [6.45, 7) is 6.22. The minimum absolute atomic E-state index is 0.00295. The normalized spacial score (nSPS) is 10.6. The lowest BCUT2D eigenvalue weighted by Gasteiger charge is -2.17. The Hall–Kier alpha value is -1.06. The topological polar surface area (TPSA) is 55.4 Å². The fraction of sp³-hybridized carbons (Fsp3) is 0.750. The molecule has 0 heterocycles. The maximum absolute atomic E-state index is 10.8. The van der Waals surface area contributed by atoms with Gasteiger partial charge in [-0.1, -0.05) is 20.8 Å². The summed E-state index contributed by atoms with van der Waals surface area (Å²) in [5.74, 6) is 0. The number of rotatable bonds is 3. The van der Waals surface area contributed by atoms with E-state index >= 15 is 0 Å². The summed E-state index contributed by atoms with van der Waals surface area (Å²) < 4.78 is 4.80. The Balaban J connectivity index is 3.51. The van der Waals surface area contributed by atoms with Crippen LogP contribution in [0.2, 0.25) is 0 Å². The fourth-order valence-electron chi connectivity index (χ4n) is 0.458. The van der Waals surface area contributed by atoms with Crippen molar-refractivity contribution in [1.82, 2.24) is 5.32 Å². The van der Waals surface area contributed by atoms with Crippen molar-refractivity contribution in [3.8, 4) is 0 Å². The summed E-state index contributed by atoms with van der Waals surface area (Å²) in [5, 5.41) is 2.28. The molecule has 1 amide bonds. The fourth-order valence-corrected chi connectivity index (χ4v) is 0.458. The number of amides is 1. The highest BCUT2D eigenvalue weighted by molar-refractivity contribution is 5.70. The van der Waals surface area contributed by atoms with Crippen LogP contribution in [0, 0.1) is 5.41 Å². The molecule has 0 atom stereocenters. The molecule has 0 aliphatic carbocycles. The van der Waals surface area contributed by atoms with Crippen molar-refractivity contribution < 1.29 is 14.3 Å². The molecule has 0 aromatic rings. The SMILES string of the molecule is CC(C)(C)COC(=O)NCC=O. The van der Waals surface area contributed by atoms with E-state index in [1.807, 2.05) is 20.8 Å². The Bertz CT molecular complexity index is 160. The molecule has 0 rings (SSSR count). The Kier molecular flexibility index (Phi) is 4.33. The maximum atomic E-state index is 10.8. The van der Waals surface area contributed by atoms with E-state index < -0.39 is 6.09 Å². The summed E-state index contributed by atoms with van der Waals surface area (Å²) in [6.07, 6.45) is 0.0651. The molecule has 0 saturated heterocycles. The third-order valence-corrected chi connectivity index (χ3v) is 0.966. The summed E-state index contributed by atoms with van der Waals surface area (Å²) in [6, 6.07) is 0. The van der Waals surface area contributed by atoms with Gasteiger partial charge in [-0.2, -0.15) is 0 Å². The van der Waals surface area contributed by atoms with Crippen LogP contribution >= 0.6 is 0 Å². The van der Waals surface area contributed by atoms with Gasteiger partial charge >= 0.3 is 6.09 Å². The van der Waals surface area contributed by atoms with E-state index in [2.05, 4.69) is 5.32 Å². The van der Waals surface area contributed by atoms with Crippen LogP contribution in [0.15, 0.2) is 0 Å². The van der Waals surface area contributed by atoms with Gasteiger partial charge < -0.3 is 14.8 Å². The smallest absolute Gasteiger partial charge is 0.407 e. The van der Waals surface area contributed by atoms with Gasteiger partial charge in [0.05, 0.1) is 13.2 Å². The van der Waals surface area contributed by atoms with Gasteiger partial charge in [-0.3, -0.25) is 0 Å². The molecule has 4 heteroatoms. The first-order chi connectivity index (χ1) is 5.45. The first-order valence-corrected chi connectivity index (χ1v) is 3.80. The van der Waals surface area contributed by atoms with Crippen LogP contribution in [0.5, 0.6) is 0 Å². The lowest BCUT2D eigenvalue weighted by Crippen LogP contribution is -2.29. The van der Waals surface area contributed by atoms with E-state index in [1.165, 1.54) is 0 Å². The number of alkyl carbamates (subject to hydrolysis) is 1. The van der Waals surface area contributed by atoms with Crippen molar-refractivity contribution in [3.05, 3.63) is 0 Å². The third-order valence-electron chi connectivity index (χ3n) is 0.966. The molecular formula is C8H15NO3. The zero-order chi connectivity index (χ0) is 9.61. The molecule has 0 aromatic heterocycles. The molecule has 12 heavy (non-hydrogen) atoms. The van der Waals surface area contributed by atoms with Crippen LogP contribution in [0.1, 0.15) is 20.8 Å². The minimum Gasteiger partial charge on any atom is -0.449 e. The van der Waals surface area contributed by atoms with Gasteiger partial charge in [-0.25, -0.2) is 4.79 Å². The third kappa shape index (κ3) is 7.05. The molecule has 0 fully saturated rings. The molecular weight excluding hydrogens is 158 g/mol. The van der Waals surface area contributed by atoms with Crippen molar-refractivity contribution in [3.63, 3.8) is 0 Å². The Labute approximate surface area is 72.3 Å². The second-order valence-corrected chi connectivity index (χ2v) is 3.68. The lowest BCUT2D eigenvalue weighted by molar-refractivity contribution is -0.107. The second-order valence-electron chi connectivity index (χ2n) is 3.68. The van der Waals surface area contributed by atoms with Gasteiger partial charge in [0.15, 0.2) is 0 Å². The van der Waals surface area contributed by atoms with E-state index in [9.17, 15) is 9.59 Å². The monoisotopic (exact) mass is 173 g/mol. The molecule has 70 valence electrons. The van der Waals surface area contributed by atoms with Gasteiger partial charge in [0.2, 0.25) is 0 Å². The summed E-state index contributed by atoms with van der Waals surface area (Å²) in [4.78, 5) is 20.6. The van der Waals surface area contributed by atoms with Crippen molar-refractivity contribution >= 4 is 12.4 Å². The number of aldehydes is 1. The molecule has 1 N–H and O–H groups in total. The molecule has 0 unspecified atom stereocenters. The van der Waals surface area contributed by atoms with Crippen LogP contribution in [-0.2, 0) is 9.53 Å². The second kappa shape index (κ2) is 4.74. The van der Waals surface area contributed by atoms with Crippen molar-refractivity contribution in [1.29, 1.82) is 0 Å². The van der Waals surface area contributed by atoms with Gasteiger partial charge in [0.25, 0.3) is 0 Å². The van der Waals surface area contributed by atoms with Crippen LogP contribution in [0.4, 0.5) is 4.79 Å². The predicted octanol–water partition coefficient (Wildman–Crippen LogP) is 0.958. The van der Waals surface area contributed by atoms with Crippen LogP contribution in [-0.4, -0.2) is 25.5 Å². The molecule has 0 bridgehead atoms. The van der Waals surface area contributed by atoms with Gasteiger partial charge in [0.1, 0.15) is 6.29 Å². The average molecular weight is 173 g/mol. The summed E-state index contributed by atoms with van der Waals surface area (Å²) >= 11 is 0. The first-order valence-electron chi connectivity index (χ1n) is 3.80. The molecule has 0 aliphatic rings. The highest BCUT2D eigenvalue weighted by atomic mass is 16.5. The number of nitrogens with one attached hydrogen (secondary N) is 1. The number of hydrogen-bond acceptors (Lipinski definition) is 3. The van der Waals surface area contributed by atoms with E-state index in [0.29, 0.717) is 12.9 Å². The molecule has 0 spiro atoms. The Morgan fingerprint density at radius 1 is 1.50 bits per heavy atom. The van der Waals surface area contributed by atoms with E-state index in [-0.39, 0.29) is 12.0 Å². The zero-order valence-corrected chi connectivity index (χ0v) is 7.72. The van der Waals surface area contributed by atoms with E-state index in [4.69, 9.17) is 4.74 Å². The van der Waals surface area contributed by atoms with Crippen molar-refractivity contribution in [2.75, 3.05) is 13.2 Å². The number of carbonyl (C=O) groups is 2. The molecule has 4 nitrogen and oxygen atoms in total. The summed E-state index contributed by atoms with van der Waals surface area (Å²) in [7, 11) is 0.